The monoisotopic (exact) mass is 497 g/mol. The Hall–Kier alpha value is -3.73. The minimum absolute atomic E-state index is 0.378. The standard InChI is InChI=1S/C34H32BNO2/c1-23-13-7-6-8-17-29-27-15-10-9-14-26(27)28-16-11-12-18-30(28)32(29)36-31(23)24-19-21-25(22-20-24)35-37-33(2,3)34(4,5)38-35/h6-16,18-22H,1,17H2,2-5H3/b8-6-,13-7-,36-31?. The van der Waals surface area contributed by atoms with E-state index in [9.17, 15) is 0 Å². The van der Waals surface area contributed by atoms with E-state index in [1.54, 1.807) is 0 Å². The number of aliphatic imine (C=N–C) groups is 1. The van der Waals surface area contributed by atoms with Gasteiger partial charge in [-0.2, -0.15) is 0 Å². The van der Waals surface area contributed by atoms with Gasteiger partial charge in [-0.3, -0.25) is 0 Å². The van der Waals surface area contributed by atoms with Gasteiger partial charge in [0.2, 0.25) is 0 Å². The number of rotatable bonds is 2. The van der Waals surface area contributed by atoms with Gasteiger partial charge in [0.15, 0.2) is 0 Å². The van der Waals surface area contributed by atoms with Gasteiger partial charge in [-0.05, 0) is 66.9 Å². The summed E-state index contributed by atoms with van der Waals surface area (Å²) in [4.78, 5) is 5.37. The molecule has 4 aromatic rings. The third-order valence-electron chi connectivity index (χ3n) is 8.11. The molecule has 2 heterocycles. The molecule has 0 radical (unpaired) electrons. The topological polar surface area (TPSA) is 30.8 Å². The molecule has 38 heavy (non-hydrogen) atoms. The van der Waals surface area contributed by atoms with Gasteiger partial charge in [0.1, 0.15) is 0 Å². The molecule has 6 rings (SSSR count). The average molecular weight is 497 g/mol. The molecule has 2 aliphatic heterocycles. The van der Waals surface area contributed by atoms with Crippen LogP contribution in [0.3, 0.4) is 0 Å². The minimum Gasteiger partial charge on any atom is -0.399 e. The number of hydrogen-bond acceptors (Lipinski definition) is 3. The van der Waals surface area contributed by atoms with E-state index < -0.39 is 7.12 Å². The molecule has 0 spiro atoms. The predicted octanol–water partition coefficient (Wildman–Crippen LogP) is 7.64. The highest BCUT2D eigenvalue weighted by molar-refractivity contribution is 6.62. The van der Waals surface area contributed by atoms with Gasteiger partial charge in [0, 0.05) is 10.9 Å². The van der Waals surface area contributed by atoms with Crippen molar-refractivity contribution in [2.24, 2.45) is 4.99 Å². The second kappa shape index (κ2) is 9.23. The fourth-order valence-electron chi connectivity index (χ4n) is 5.26. The highest BCUT2D eigenvalue weighted by Gasteiger charge is 2.51. The highest BCUT2D eigenvalue weighted by Crippen LogP contribution is 2.40. The normalized spacial score (nSPS) is 20.3. The Morgan fingerprint density at radius 3 is 1.97 bits per heavy atom. The van der Waals surface area contributed by atoms with Crippen molar-refractivity contribution in [2.45, 2.75) is 45.3 Å². The summed E-state index contributed by atoms with van der Waals surface area (Å²) in [5.74, 6) is 0. The summed E-state index contributed by atoms with van der Waals surface area (Å²) in [6.07, 6.45) is 9.18. The fraction of sp³-hybridized carbons (Fsp3) is 0.206. The van der Waals surface area contributed by atoms with Crippen LogP contribution in [0.15, 0.2) is 114 Å². The van der Waals surface area contributed by atoms with E-state index in [4.69, 9.17) is 14.3 Å². The van der Waals surface area contributed by atoms with Gasteiger partial charge in [-0.25, -0.2) is 4.99 Å². The van der Waals surface area contributed by atoms with Crippen molar-refractivity contribution in [3.63, 3.8) is 0 Å². The smallest absolute Gasteiger partial charge is 0.399 e. The van der Waals surface area contributed by atoms with Crippen LogP contribution in [0.25, 0.3) is 21.5 Å². The van der Waals surface area contributed by atoms with E-state index in [1.165, 1.54) is 21.7 Å². The zero-order valence-electron chi connectivity index (χ0n) is 22.5. The van der Waals surface area contributed by atoms with Crippen molar-refractivity contribution in [3.8, 4) is 0 Å². The Morgan fingerprint density at radius 1 is 0.737 bits per heavy atom. The molecule has 0 unspecified atom stereocenters. The van der Waals surface area contributed by atoms with Crippen molar-refractivity contribution < 1.29 is 9.31 Å². The number of nitrogens with zero attached hydrogens (tertiary/aromatic N) is 1. The van der Waals surface area contributed by atoms with Gasteiger partial charge in [0.05, 0.1) is 22.6 Å². The zero-order chi connectivity index (χ0) is 26.5. The minimum atomic E-state index is -0.399. The van der Waals surface area contributed by atoms with Crippen LogP contribution >= 0.6 is 0 Å². The molecule has 2 aliphatic rings. The van der Waals surface area contributed by atoms with Crippen LogP contribution in [0.4, 0.5) is 5.69 Å². The summed E-state index contributed by atoms with van der Waals surface area (Å²) in [5.41, 5.74) is 5.20. The van der Waals surface area contributed by atoms with Crippen LogP contribution in [0, 0.1) is 0 Å². The maximum Gasteiger partial charge on any atom is 0.494 e. The lowest BCUT2D eigenvalue weighted by Gasteiger charge is -2.32. The van der Waals surface area contributed by atoms with Gasteiger partial charge >= 0.3 is 7.12 Å². The first-order chi connectivity index (χ1) is 18.2. The Balaban J connectivity index is 1.51. The Labute approximate surface area is 225 Å². The van der Waals surface area contributed by atoms with E-state index in [0.29, 0.717) is 0 Å². The van der Waals surface area contributed by atoms with Crippen LogP contribution in [0.1, 0.15) is 38.8 Å². The number of allylic oxidation sites excluding steroid dienone is 5. The molecule has 0 amide bonds. The number of benzene rings is 4. The Kier molecular flexibility index (Phi) is 5.98. The lowest BCUT2D eigenvalue weighted by molar-refractivity contribution is 0.00578. The van der Waals surface area contributed by atoms with Gasteiger partial charge in [0.25, 0.3) is 0 Å². The van der Waals surface area contributed by atoms with E-state index in [-0.39, 0.29) is 11.2 Å². The highest BCUT2D eigenvalue weighted by atomic mass is 16.7. The fourth-order valence-corrected chi connectivity index (χ4v) is 5.26. The maximum atomic E-state index is 6.27. The molecule has 4 heteroatoms. The molecular formula is C34H32BNO2. The van der Waals surface area contributed by atoms with E-state index >= 15 is 0 Å². The molecular weight excluding hydrogens is 465 g/mol. The third-order valence-corrected chi connectivity index (χ3v) is 8.11. The lowest BCUT2D eigenvalue weighted by atomic mass is 9.78. The largest absolute Gasteiger partial charge is 0.494 e. The second-order valence-electron chi connectivity index (χ2n) is 11.1. The zero-order valence-corrected chi connectivity index (χ0v) is 22.5. The van der Waals surface area contributed by atoms with Crippen molar-refractivity contribution in [3.05, 3.63) is 120 Å². The molecule has 0 N–H and O–H groups in total. The number of fused-ring (bicyclic) bond motifs is 6. The first-order valence-corrected chi connectivity index (χ1v) is 13.2. The van der Waals surface area contributed by atoms with Crippen LogP contribution in [-0.4, -0.2) is 24.0 Å². The van der Waals surface area contributed by atoms with Crippen molar-refractivity contribution in [1.29, 1.82) is 0 Å². The summed E-state index contributed by atoms with van der Waals surface area (Å²) >= 11 is 0. The molecule has 0 saturated carbocycles. The molecule has 0 atom stereocenters. The SMILES string of the molecule is C=C1/C=C\C=C/Cc2c(c3ccccc3c3ccccc23)N=C1c1ccc(B2OC(C)(C)C(C)(C)O2)cc1. The van der Waals surface area contributed by atoms with E-state index in [1.807, 2.05) is 12.2 Å². The molecule has 188 valence electrons. The second-order valence-corrected chi connectivity index (χ2v) is 11.1. The summed E-state index contributed by atoms with van der Waals surface area (Å²) in [6, 6.07) is 25.5. The first-order valence-electron chi connectivity index (χ1n) is 13.2. The Morgan fingerprint density at radius 2 is 1.32 bits per heavy atom. The first kappa shape index (κ1) is 24.6. The van der Waals surface area contributed by atoms with Crippen molar-refractivity contribution in [1.82, 2.24) is 0 Å². The van der Waals surface area contributed by atoms with Crippen molar-refractivity contribution in [2.75, 3.05) is 0 Å². The van der Waals surface area contributed by atoms with Gasteiger partial charge in [-0.1, -0.05) is 104 Å². The molecule has 3 nitrogen and oxygen atoms in total. The van der Waals surface area contributed by atoms with Crippen LogP contribution < -0.4 is 5.46 Å². The summed E-state index contributed by atoms with van der Waals surface area (Å²) in [7, 11) is -0.399. The van der Waals surface area contributed by atoms with E-state index in [2.05, 4.69) is 119 Å². The van der Waals surface area contributed by atoms with Crippen molar-refractivity contribution >= 4 is 45.5 Å². The van der Waals surface area contributed by atoms with Crippen LogP contribution in [0.5, 0.6) is 0 Å². The third kappa shape index (κ3) is 4.14. The summed E-state index contributed by atoms with van der Waals surface area (Å²) < 4.78 is 12.5. The summed E-state index contributed by atoms with van der Waals surface area (Å²) in [6.45, 7) is 12.7. The number of hydrogen-bond donors (Lipinski definition) is 0. The molecule has 0 aromatic heterocycles. The average Bonchev–Trinajstić information content (AvgIpc) is 3.14. The lowest BCUT2D eigenvalue weighted by Crippen LogP contribution is -2.41. The molecule has 1 saturated heterocycles. The van der Waals surface area contributed by atoms with Crippen LogP contribution in [0.2, 0.25) is 0 Å². The maximum absolute atomic E-state index is 6.27. The molecule has 0 aliphatic carbocycles. The quantitative estimate of drug-likeness (QED) is 0.211. The van der Waals surface area contributed by atoms with Crippen LogP contribution in [-0.2, 0) is 15.7 Å². The Bertz CT molecular complexity index is 1640. The summed E-state index contributed by atoms with van der Waals surface area (Å²) in [5, 5.41) is 4.85. The predicted molar refractivity (Wildman–Crippen MR) is 161 cm³/mol. The molecule has 0 bridgehead atoms. The van der Waals surface area contributed by atoms with Gasteiger partial charge < -0.3 is 9.31 Å². The molecule has 4 aromatic carbocycles. The van der Waals surface area contributed by atoms with E-state index in [0.717, 1.165) is 39.8 Å². The van der Waals surface area contributed by atoms with Gasteiger partial charge in [-0.15, -0.1) is 0 Å². The molecule has 1 fully saturated rings.